The first-order valence-corrected chi connectivity index (χ1v) is 24.2. The number of nitrogens with zero attached hydrogens (tertiary/aromatic N) is 4. The van der Waals surface area contributed by atoms with E-state index < -0.39 is 0 Å². The maximum atomic E-state index is 2.78. The highest BCUT2D eigenvalue weighted by molar-refractivity contribution is 6.23. The van der Waals surface area contributed by atoms with Crippen LogP contribution in [-0.2, 0) is 26.2 Å². The third-order valence-corrected chi connectivity index (χ3v) is 13.8. The molecule has 0 saturated carbocycles. The number of rotatable bonds is 20. The van der Waals surface area contributed by atoms with E-state index in [9.17, 15) is 0 Å². The molecule has 312 valence electrons. The molecule has 4 heteroatoms. The summed E-state index contributed by atoms with van der Waals surface area (Å²) in [6.45, 7) is 13.4. The van der Waals surface area contributed by atoms with Crippen LogP contribution in [0.25, 0.3) is 88.6 Å². The van der Waals surface area contributed by atoms with Crippen LogP contribution in [0.4, 0.5) is 0 Å². The van der Waals surface area contributed by atoms with E-state index in [-0.39, 0.29) is 0 Å². The van der Waals surface area contributed by atoms with Gasteiger partial charge in [-0.15, -0.1) is 0 Å². The van der Waals surface area contributed by atoms with Crippen molar-refractivity contribution in [3.8, 4) is 45.0 Å². The van der Waals surface area contributed by atoms with Gasteiger partial charge in [-0.2, -0.15) is 0 Å². The molecule has 0 bridgehead atoms. The highest BCUT2D eigenvalue weighted by Crippen LogP contribution is 2.58. The number of benzene rings is 4. The topological polar surface area (TPSA) is 19.7 Å². The number of unbranched alkanes of at least 4 members (excludes halogenated alkanes) is 12. The Labute approximate surface area is 359 Å². The van der Waals surface area contributed by atoms with Crippen LogP contribution < -0.4 is 0 Å². The smallest absolute Gasteiger partial charge is 0.0614 e. The van der Waals surface area contributed by atoms with Crippen LogP contribution >= 0.6 is 0 Å². The summed E-state index contributed by atoms with van der Waals surface area (Å²) in [6.07, 6.45) is 19.8. The molecule has 4 heterocycles. The van der Waals surface area contributed by atoms with E-state index in [0.29, 0.717) is 0 Å². The Morgan fingerprint density at radius 1 is 0.267 bits per heavy atom. The van der Waals surface area contributed by atoms with Gasteiger partial charge in [-0.1, -0.05) is 178 Å². The van der Waals surface area contributed by atoms with E-state index in [1.165, 1.54) is 191 Å². The zero-order valence-electron chi connectivity index (χ0n) is 37.2. The lowest BCUT2D eigenvalue weighted by Crippen LogP contribution is -2.09. The minimum Gasteiger partial charge on any atom is -0.340 e. The predicted octanol–water partition coefficient (Wildman–Crippen LogP) is 16.8. The average molecular weight is 797 g/mol. The van der Waals surface area contributed by atoms with Crippen LogP contribution in [0.2, 0.25) is 0 Å². The summed E-state index contributed by atoms with van der Waals surface area (Å²) in [7, 11) is 0. The lowest BCUT2D eigenvalue weighted by atomic mass is 9.88. The molecule has 8 aromatic rings. The van der Waals surface area contributed by atoms with Crippen LogP contribution in [-0.4, -0.2) is 18.3 Å². The first kappa shape index (κ1) is 40.4. The van der Waals surface area contributed by atoms with Gasteiger partial charge in [-0.3, -0.25) is 0 Å². The van der Waals surface area contributed by atoms with Crippen molar-refractivity contribution in [3.05, 3.63) is 97.1 Å². The zero-order chi connectivity index (χ0) is 41.0. The van der Waals surface area contributed by atoms with Gasteiger partial charge in [0, 0.05) is 92.0 Å². The standard InChI is InChI=1S/C56H68N4/c1-5-9-13-25-37-57-45-33-21-17-29-41(45)49-53(57)50-42-30-18-22-34-46(42)58(38-26-14-10-6-2)55(50)52-44-32-20-24-36-48(44)60(40-28-16-12-8-4)56(52)51-43-31-19-23-35-47(43)59(54(49)51)39-27-15-11-7-3/h17-24,29-36H,5-16,25-28,37-40H2,1-4H3. The van der Waals surface area contributed by atoms with Gasteiger partial charge in [-0.25, -0.2) is 0 Å². The first-order valence-electron chi connectivity index (χ1n) is 24.2. The lowest BCUT2D eigenvalue weighted by molar-refractivity contribution is 0.591. The second-order valence-electron chi connectivity index (χ2n) is 17.8. The van der Waals surface area contributed by atoms with Crippen LogP contribution in [0.15, 0.2) is 97.1 Å². The molecule has 0 N–H and O–H groups in total. The van der Waals surface area contributed by atoms with Crippen molar-refractivity contribution in [1.82, 2.24) is 18.3 Å². The molecule has 0 aliphatic heterocycles. The number of aryl methyl sites for hydroxylation is 4. The summed E-state index contributed by atoms with van der Waals surface area (Å²) >= 11 is 0. The third-order valence-electron chi connectivity index (χ3n) is 13.8. The summed E-state index contributed by atoms with van der Waals surface area (Å²) in [5, 5.41) is 5.56. The van der Waals surface area contributed by atoms with Gasteiger partial charge in [0.05, 0.1) is 22.8 Å². The Morgan fingerprint density at radius 3 is 0.700 bits per heavy atom. The fourth-order valence-electron chi connectivity index (χ4n) is 10.9. The Bertz CT molecular complexity index is 2320. The molecule has 0 amide bonds. The molecule has 0 spiro atoms. The first-order chi connectivity index (χ1) is 29.7. The fourth-order valence-corrected chi connectivity index (χ4v) is 10.9. The van der Waals surface area contributed by atoms with Gasteiger partial charge < -0.3 is 18.3 Å². The molecule has 60 heavy (non-hydrogen) atoms. The maximum absolute atomic E-state index is 2.78. The third kappa shape index (κ3) is 7.02. The largest absolute Gasteiger partial charge is 0.340 e. The van der Waals surface area contributed by atoms with Gasteiger partial charge >= 0.3 is 0 Å². The molecule has 9 rings (SSSR count). The minimum atomic E-state index is 1.02. The van der Waals surface area contributed by atoms with Gasteiger partial charge in [0.1, 0.15) is 0 Å². The Morgan fingerprint density at radius 2 is 0.483 bits per heavy atom. The monoisotopic (exact) mass is 797 g/mol. The predicted molar refractivity (Wildman–Crippen MR) is 260 cm³/mol. The number of hydrogen-bond acceptors (Lipinski definition) is 0. The van der Waals surface area contributed by atoms with E-state index in [1.54, 1.807) is 0 Å². The van der Waals surface area contributed by atoms with Crippen LogP contribution in [0.1, 0.15) is 130 Å². The van der Waals surface area contributed by atoms with E-state index >= 15 is 0 Å². The van der Waals surface area contributed by atoms with Crippen LogP contribution in [0.3, 0.4) is 0 Å². The summed E-state index contributed by atoms with van der Waals surface area (Å²) < 4.78 is 11.1. The van der Waals surface area contributed by atoms with Crippen molar-refractivity contribution in [2.24, 2.45) is 0 Å². The molecule has 4 aromatic heterocycles. The fraction of sp³-hybridized carbons (Fsp3) is 0.429. The Kier molecular flexibility index (Phi) is 12.4. The molecule has 1 aliphatic carbocycles. The molecule has 0 fully saturated rings. The highest BCUT2D eigenvalue weighted by atomic mass is 15.1. The second kappa shape index (κ2) is 18.3. The van der Waals surface area contributed by atoms with E-state index in [0.717, 1.165) is 26.2 Å². The normalized spacial score (nSPS) is 12.3. The van der Waals surface area contributed by atoms with Gasteiger partial charge in [0.15, 0.2) is 0 Å². The molecular weight excluding hydrogens is 729 g/mol. The van der Waals surface area contributed by atoms with E-state index in [2.05, 4.69) is 143 Å². The second-order valence-corrected chi connectivity index (χ2v) is 17.8. The Balaban J connectivity index is 1.49. The number of fused-ring (bicyclic) bond motifs is 16. The van der Waals surface area contributed by atoms with Gasteiger partial charge in [0.2, 0.25) is 0 Å². The summed E-state index contributed by atoms with van der Waals surface area (Å²) in [5.41, 5.74) is 16.9. The number of hydrogen-bond donors (Lipinski definition) is 0. The lowest BCUT2D eigenvalue weighted by Gasteiger charge is -2.23. The molecule has 4 aromatic carbocycles. The molecule has 4 nitrogen and oxygen atoms in total. The van der Waals surface area contributed by atoms with Crippen molar-refractivity contribution in [1.29, 1.82) is 0 Å². The number of para-hydroxylation sites is 4. The molecule has 0 saturated heterocycles. The molecule has 0 unspecified atom stereocenters. The SMILES string of the molecule is CCCCCCn1c2c(c3ccccc31)-c1c(c3ccccc3n1CCCCCC)-c1c(c3ccccc3n1CCCCCC)-c1c-2c2ccccc2n1CCCCCC. The molecule has 1 aliphatic rings. The molecule has 0 atom stereocenters. The quantitative estimate of drug-likeness (QED) is 0.0685. The van der Waals surface area contributed by atoms with E-state index in [4.69, 9.17) is 0 Å². The number of aromatic nitrogens is 4. The van der Waals surface area contributed by atoms with Crippen molar-refractivity contribution in [3.63, 3.8) is 0 Å². The zero-order valence-corrected chi connectivity index (χ0v) is 37.2. The molecular formula is C56H68N4. The van der Waals surface area contributed by atoms with Crippen molar-refractivity contribution < 1.29 is 0 Å². The van der Waals surface area contributed by atoms with Crippen molar-refractivity contribution in [2.75, 3.05) is 0 Å². The van der Waals surface area contributed by atoms with Crippen LogP contribution in [0, 0.1) is 0 Å². The highest BCUT2D eigenvalue weighted by Gasteiger charge is 2.38. The summed E-state index contributed by atoms with van der Waals surface area (Å²) in [5.74, 6) is 0. The van der Waals surface area contributed by atoms with Crippen molar-refractivity contribution >= 4 is 43.6 Å². The summed E-state index contributed by atoms with van der Waals surface area (Å²) in [4.78, 5) is 0. The van der Waals surface area contributed by atoms with Gasteiger partial charge in [0.25, 0.3) is 0 Å². The minimum absolute atomic E-state index is 1.02. The Hall–Kier alpha value is -4.96. The van der Waals surface area contributed by atoms with E-state index in [1.807, 2.05) is 0 Å². The van der Waals surface area contributed by atoms with Gasteiger partial charge in [-0.05, 0) is 49.9 Å². The molecule has 0 radical (unpaired) electrons. The summed E-state index contributed by atoms with van der Waals surface area (Å²) in [6, 6.07) is 37.8. The van der Waals surface area contributed by atoms with Crippen molar-refractivity contribution in [2.45, 2.75) is 157 Å². The van der Waals surface area contributed by atoms with Crippen LogP contribution in [0.5, 0.6) is 0 Å². The average Bonchev–Trinajstić information content (AvgIpc) is 3.97. The maximum Gasteiger partial charge on any atom is 0.0614 e.